The van der Waals surface area contributed by atoms with Gasteiger partial charge in [0.05, 0.1) is 0 Å². The van der Waals surface area contributed by atoms with Crippen LogP contribution in [-0.2, 0) is 12.8 Å². The van der Waals surface area contributed by atoms with Gasteiger partial charge in [-0.15, -0.1) is 11.3 Å². The van der Waals surface area contributed by atoms with Gasteiger partial charge in [-0.3, -0.25) is 14.0 Å². The first-order valence-electron chi connectivity index (χ1n) is 7.45. The van der Waals surface area contributed by atoms with Crippen LogP contribution in [0.4, 0.5) is 0 Å². The number of thiazole rings is 1. The highest BCUT2D eigenvalue weighted by Crippen LogP contribution is 2.28. The Bertz CT molecular complexity index is 747. The number of rotatable bonds is 3. The first-order chi connectivity index (χ1) is 10.1. The number of aryl methyl sites for hydroxylation is 2. The maximum absolute atomic E-state index is 12.6. The van der Waals surface area contributed by atoms with E-state index in [4.69, 9.17) is 0 Å². The number of aromatic nitrogens is 2. The highest BCUT2D eigenvalue weighted by atomic mass is 32.1. The van der Waals surface area contributed by atoms with Gasteiger partial charge in [-0.2, -0.15) is 0 Å². The maximum atomic E-state index is 12.6. The second-order valence-electron chi connectivity index (χ2n) is 5.56. The molecule has 0 fully saturated rings. The monoisotopic (exact) mass is 305 g/mol. The lowest BCUT2D eigenvalue weighted by molar-refractivity contribution is 0.0937. The summed E-state index contributed by atoms with van der Waals surface area (Å²) in [5.41, 5.74) is 0.955. The first-order valence-corrected chi connectivity index (χ1v) is 8.26. The van der Waals surface area contributed by atoms with Crippen LogP contribution in [0.3, 0.4) is 0 Å². The molecule has 112 valence electrons. The normalized spacial score (nSPS) is 15.7. The van der Waals surface area contributed by atoms with E-state index < -0.39 is 0 Å². The number of hydrogen-bond acceptors (Lipinski definition) is 4. The minimum Gasteiger partial charge on any atom is -0.349 e. The van der Waals surface area contributed by atoms with Gasteiger partial charge in [0, 0.05) is 22.8 Å². The van der Waals surface area contributed by atoms with Crippen molar-refractivity contribution in [3.05, 3.63) is 32.7 Å². The second kappa shape index (κ2) is 5.60. The Morgan fingerprint density at radius 3 is 3.00 bits per heavy atom. The molecule has 1 unspecified atom stereocenters. The second-order valence-corrected chi connectivity index (χ2v) is 6.62. The third-order valence-electron chi connectivity index (χ3n) is 4.04. The van der Waals surface area contributed by atoms with Gasteiger partial charge in [0.15, 0.2) is 4.96 Å². The zero-order valence-electron chi connectivity index (χ0n) is 12.3. The molecule has 3 rings (SSSR count). The van der Waals surface area contributed by atoms with Crippen LogP contribution < -0.4 is 10.9 Å². The maximum Gasteiger partial charge on any atom is 0.271 e. The summed E-state index contributed by atoms with van der Waals surface area (Å²) in [6.45, 7) is 3.92. The first kappa shape index (κ1) is 14.3. The molecule has 2 aromatic rings. The third-order valence-corrected chi connectivity index (χ3v) is 5.19. The Labute approximate surface area is 127 Å². The van der Waals surface area contributed by atoms with E-state index in [2.05, 4.69) is 10.3 Å². The lowest BCUT2D eigenvalue weighted by Crippen LogP contribution is -2.36. The van der Waals surface area contributed by atoms with Crippen molar-refractivity contribution in [3.8, 4) is 0 Å². The lowest BCUT2D eigenvalue weighted by atomic mass is 10.0. The van der Waals surface area contributed by atoms with E-state index in [1.807, 2.05) is 13.8 Å². The summed E-state index contributed by atoms with van der Waals surface area (Å²) < 4.78 is 1.64. The molecule has 0 saturated carbocycles. The number of carbonyl (C=O) groups is 1. The highest BCUT2D eigenvalue weighted by molar-refractivity contribution is 7.17. The number of nitrogens with one attached hydrogen (secondary N) is 1. The molecule has 0 bridgehead atoms. The molecule has 1 amide bonds. The molecular formula is C15H19N3O2S. The molecule has 1 atom stereocenters. The van der Waals surface area contributed by atoms with Gasteiger partial charge in [0.1, 0.15) is 5.56 Å². The van der Waals surface area contributed by atoms with Gasteiger partial charge < -0.3 is 5.32 Å². The van der Waals surface area contributed by atoms with E-state index in [0.717, 1.165) is 37.8 Å². The summed E-state index contributed by atoms with van der Waals surface area (Å²) in [6.07, 6.45) is 6.41. The number of fused-ring (bicyclic) bond motifs is 3. The van der Waals surface area contributed by atoms with Crippen molar-refractivity contribution in [1.29, 1.82) is 0 Å². The van der Waals surface area contributed by atoms with E-state index in [9.17, 15) is 9.59 Å². The minimum absolute atomic E-state index is 0.0500. The summed E-state index contributed by atoms with van der Waals surface area (Å²) in [5.74, 6) is -0.327. The van der Waals surface area contributed by atoms with Crippen LogP contribution in [0.25, 0.3) is 4.96 Å². The molecular weight excluding hydrogens is 286 g/mol. The Kier molecular flexibility index (Phi) is 3.80. The van der Waals surface area contributed by atoms with Crippen molar-refractivity contribution < 1.29 is 4.79 Å². The lowest BCUT2D eigenvalue weighted by Gasteiger charge is -2.12. The van der Waals surface area contributed by atoms with Crippen molar-refractivity contribution in [2.24, 2.45) is 0 Å². The number of amides is 1. The molecule has 2 heterocycles. The van der Waals surface area contributed by atoms with E-state index in [1.165, 1.54) is 11.1 Å². The highest BCUT2D eigenvalue weighted by Gasteiger charge is 2.21. The molecule has 6 heteroatoms. The van der Waals surface area contributed by atoms with Gasteiger partial charge in [-0.25, -0.2) is 4.98 Å². The van der Waals surface area contributed by atoms with Crippen LogP contribution in [0.1, 0.15) is 54.0 Å². The van der Waals surface area contributed by atoms with Crippen molar-refractivity contribution >= 4 is 22.2 Å². The molecule has 1 aliphatic rings. The Morgan fingerprint density at radius 2 is 2.24 bits per heavy atom. The predicted octanol–water partition coefficient (Wildman–Crippen LogP) is 2.16. The fraction of sp³-hybridized carbons (Fsp3) is 0.533. The molecule has 5 nitrogen and oxygen atoms in total. The number of carbonyl (C=O) groups excluding carboxylic acids is 1. The van der Waals surface area contributed by atoms with E-state index in [-0.39, 0.29) is 23.1 Å². The van der Waals surface area contributed by atoms with Gasteiger partial charge in [-0.1, -0.05) is 6.92 Å². The predicted molar refractivity (Wildman–Crippen MR) is 83.2 cm³/mol. The SMILES string of the molecule is CCC(C)NC(=O)c1cnc2sc3c(n2c1=O)CCCC3. The smallest absolute Gasteiger partial charge is 0.271 e. The zero-order chi connectivity index (χ0) is 15.0. The fourth-order valence-electron chi connectivity index (χ4n) is 2.63. The van der Waals surface area contributed by atoms with E-state index >= 15 is 0 Å². The molecule has 0 aromatic carbocycles. The van der Waals surface area contributed by atoms with Crippen LogP contribution in [-0.4, -0.2) is 21.3 Å². The largest absolute Gasteiger partial charge is 0.349 e. The summed E-state index contributed by atoms with van der Waals surface area (Å²) in [5, 5.41) is 2.83. The van der Waals surface area contributed by atoms with Crippen LogP contribution >= 0.6 is 11.3 Å². The van der Waals surface area contributed by atoms with Crippen LogP contribution in [0.2, 0.25) is 0 Å². The van der Waals surface area contributed by atoms with Crippen molar-refractivity contribution in [3.63, 3.8) is 0 Å². The minimum atomic E-state index is -0.327. The number of hydrogen-bond donors (Lipinski definition) is 1. The summed E-state index contributed by atoms with van der Waals surface area (Å²) in [7, 11) is 0. The quantitative estimate of drug-likeness (QED) is 0.945. The molecule has 0 aliphatic heterocycles. The topological polar surface area (TPSA) is 63.5 Å². The van der Waals surface area contributed by atoms with Gasteiger partial charge in [0.2, 0.25) is 0 Å². The summed E-state index contributed by atoms with van der Waals surface area (Å²) in [4.78, 5) is 31.1. The van der Waals surface area contributed by atoms with Crippen molar-refractivity contribution in [2.75, 3.05) is 0 Å². The molecule has 1 N–H and O–H groups in total. The zero-order valence-corrected chi connectivity index (χ0v) is 13.1. The summed E-state index contributed by atoms with van der Waals surface area (Å²) >= 11 is 1.57. The molecule has 2 aromatic heterocycles. The van der Waals surface area contributed by atoms with Crippen molar-refractivity contribution in [1.82, 2.24) is 14.7 Å². The van der Waals surface area contributed by atoms with E-state index in [1.54, 1.807) is 15.7 Å². The molecule has 1 aliphatic carbocycles. The molecule has 0 spiro atoms. The summed E-state index contributed by atoms with van der Waals surface area (Å²) in [6, 6.07) is 0.0500. The van der Waals surface area contributed by atoms with Gasteiger partial charge >= 0.3 is 0 Å². The standard InChI is InChI=1S/C15H19N3O2S/c1-3-9(2)17-13(19)10-8-16-15-18(14(10)20)11-6-4-5-7-12(11)21-15/h8-9H,3-7H2,1-2H3,(H,17,19). The average molecular weight is 305 g/mol. The third kappa shape index (κ3) is 2.48. The van der Waals surface area contributed by atoms with Crippen molar-refractivity contribution in [2.45, 2.75) is 52.0 Å². The van der Waals surface area contributed by atoms with Crippen LogP contribution in [0.5, 0.6) is 0 Å². The Hall–Kier alpha value is -1.69. The molecule has 0 radical (unpaired) electrons. The number of nitrogens with zero attached hydrogens (tertiary/aromatic N) is 2. The van der Waals surface area contributed by atoms with Gasteiger partial charge in [-0.05, 0) is 39.0 Å². The fourth-order valence-corrected chi connectivity index (χ4v) is 3.80. The Balaban J connectivity index is 2.07. The van der Waals surface area contributed by atoms with Crippen LogP contribution in [0.15, 0.2) is 11.0 Å². The van der Waals surface area contributed by atoms with Gasteiger partial charge in [0.25, 0.3) is 11.5 Å². The Morgan fingerprint density at radius 1 is 1.48 bits per heavy atom. The molecule has 21 heavy (non-hydrogen) atoms. The van der Waals surface area contributed by atoms with Crippen LogP contribution in [0, 0.1) is 0 Å². The molecule has 0 saturated heterocycles. The van der Waals surface area contributed by atoms with E-state index in [0.29, 0.717) is 4.96 Å². The average Bonchev–Trinajstić information content (AvgIpc) is 2.86.